The van der Waals surface area contributed by atoms with Crippen LogP contribution in [-0.4, -0.2) is 26.5 Å². The molecule has 0 saturated heterocycles. The Kier molecular flexibility index (Phi) is 3.36. The Morgan fingerprint density at radius 1 is 1.26 bits per heavy atom. The summed E-state index contributed by atoms with van der Waals surface area (Å²) in [7, 11) is 4.06. The van der Waals surface area contributed by atoms with Crippen LogP contribution in [-0.2, 0) is 4.79 Å². The molecule has 1 aromatic carbocycles. The predicted molar refractivity (Wildman–Crippen MR) is 93.1 cm³/mol. The summed E-state index contributed by atoms with van der Waals surface area (Å²) in [5, 5.41) is 3.24. The van der Waals surface area contributed by atoms with Crippen molar-refractivity contribution in [1.29, 1.82) is 0 Å². The number of hydrogen-bond acceptors (Lipinski definition) is 3. The lowest BCUT2D eigenvalue weighted by Crippen LogP contribution is -2.21. The van der Waals surface area contributed by atoms with Crippen LogP contribution in [0.2, 0.25) is 0 Å². The molecule has 0 spiro atoms. The average Bonchev–Trinajstić information content (AvgIpc) is 3.43. The maximum Gasteiger partial charge on any atom is 0.251 e. The maximum atomic E-state index is 12.1. The number of likely N-dealkylation sites (N-methyl/N-ethyl adjacent to an activating group) is 1. The molecule has 2 fully saturated rings. The summed E-state index contributed by atoms with van der Waals surface area (Å²) >= 11 is 0. The second-order valence-electron chi connectivity index (χ2n) is 7.28. The first-order valence-corrected chi connectivity index (χ1v) is 8.67. The number of nitrogens with two attached hydrogens (primary N) is 1. The number of anilines is 1. The molecule has 122 valence electrons. The van der Waals surface area contributed by atoms with E-state index in [2.05, 4.69) is 35.5 Å². The Bertz CT molecular complexity index is 686. The second kappa shape index (κ2) is 5.29. The van der Waals surface area contributed by atoms with Crippen molar-refractivity contribution in [2.75, 3.05) is 25.5 Å². The Labute approximate surface area is 137 Å². The van der Waals surface area contributed by atoms with Gasteiger partial charge < -0.3 is 16.0 Å². The van der Waals surface area contributed by atoms with Gasteiger partial charge in [-0.15, -0.1) is 0 Å². The van der Waals surface area contributed by atoms with Crippen LogP contribution in [0.5, 0.6) is 0 Å². The minimum Gasteiger partial charge on any atom is -0.391 e. The van der Waals surface area contributed by atoms with Gasteiger partial charge in [0.25, 0.3) is 5.91 Å². The number of carbonyl (C=O) groups is 1. The van der Waals surface area contributed by atoms with Gasteiger partial charge in [0, 0.05) is 37.9 Å². The number of hydrogen-bond donors (Lipinski definition) is 2. The third-order valence-corrected chi connectivity index (χ3v) is 5.56. The number of amides is 1. The Morgan fingerprint density at radius 2 is 2.00 bits per heavy atom. The van der Waals surface area contributed by atoms with Crippen LogP contribution < -0.4 is 16.0 Å². The van der Waals surface area contributed by atoms with Gasteiger partial charge in [-0.25, -0.2) is 0 Å². The molecule has 3 aliphatic rings. The van der Waals surface area contributed by atoms with E-state index in [1.54, 1.807) is 0 Å². The summed E-state index contributed by atoms with van der Waals surface area (Å²) in [5.41, 5.74) is 11.1. The van der Waals surface area contributed by atoms with Gasteiger partial charge in [0.15, 0.2) is 0 Å². The molecule has 0 bridgehead atoms. The molecule has 1 unspecified atom stereocenters. The summed E-state index contributed by atoms with van der Waals surface area (Å²) in [6.07, 6.45) is 4.96. The number of nitrogens with zero attached hydrogens (tertiary/aromatic N) is 1. The van der Waals surface area contributed by atoms with E-state index >= 15 is 0 Å². The van der Waals surface area contributed by atoms with Crippen molar-refractivity contribution in [3.8, 4) is 0 Å². The van der Waals surface area contributed by atoms with Crippen molar-refractivity contribution in [2.45, 2.75) is 31.6 Å². The van der Waals surface area contributed by atoms with E-state index in [1.807, 2.05) is 7.05 Å². The van der Waals surface area contributed by atoms with Crippen LogP contribution in [0, 0.1) is 11.8 Å². The van der Waals surface area contributed by atoms with Crippen LogP contribution in [0.1, 0.15) is 42.7 Å². The van der Waals surface area contributed by atoms with E-state index in [9.17, 15) is 4.79 Å². The number of carbonyl (C=O) groups excluding carboxylic acids is 1. The van der Waals surface area contributed by atoms with Gasteiger partial charge in [0.05, 0.1) is 5.57 Å². The van der Waals surface area contributed by atoms with Crippen molar-refractivity contribution in [1.82, 2.24) is 5.32 Å². The van der Waals surface area contributed by atoms with Crippen molar-refractivity contribution in [3.63, 3.8) is 0 Å². The smallest absolute Gasteiger partial charge is 0.251 e. The standard InChI is InChI=1S/C19H25N3O/c1-21-18(12-5-6-12)17(19(20)23)13-7-8-16-14(9-13)15(10-22(16)2)11-3-4-11/h7-9,11-12,15,21H,3-6,10H2,1-2H3,(H2,20,23)/b18-17-. The zero-order valence-electron chi connectivity index (χ0n) is 13.9. The number of benzene rings is 1. The van der Waals surface area contributed by atoms with Crippen LogP contribution in [0.25, 0.3) is 5.57 Å². The number of fused-ring (bicyclic) bond motifs is 1. The topological polar surface area (TPSA) is 58.4 Å². The van der Waals surface area contributed by atoms with Crippen molar-refractivity contribution >= 4 is 17.2 Å². The molecule has 2 aliphatic carbocycles. The van der Waals surface area contributed by atoms with Crippen LogP contribution in [0.15, 0.2) is 23.9 Å². The van der Waals surface area contributed by atoms with E-state index in [-0.39, 0.29) is 5.91 Å². The lowest BCUT2D eigenvalue weighted by molar-refractivity contribution is -0.112. The van der Waals surface area contributed by atoms with Gasteiger partial charge >= 0.3 is 0 Å². The molecule has 1 aromatic rings. The number of primary amides is 1. The SMILES string of the molecule is CN/C(=C(\C(N)=O)c1ccc2c(c1)C(C1CC1)CN2C)C1CC1. The van der Waals surface area contributed by atoms with E-state index < -0.39 is 0 Å². The zero-order valence-corrected chi connectivity index (χ0v) is 13.9. The molecule has 0 radical (unpaired) electrons. The van der Waals surface area contributed by atoms with Gasteiger partial charge in [-0.05, 0) is 60.8 Å². The predicted octanol–water partition coefficient (Wildman–Crippen LogP) is 2.46. The largest absolute Gasteiger partial charge is 0.391 e. The van der Waals surface area contributed by atoms with E-state index in [4.69, 9.17) is 5.73 Å². The van der Waals surface area contributed by atoms with Crippen LogP contribution >= 0.6 is 0 Å². The molecule has 1 heterocycles. The molecule has 2 saturated carbocycles. The van der Waals surface area contributed by atoms with Gasteiger partial charge in [-0.1, -0.05) is 6.07 Å². The molecule has 3 N–H and O–H groups in total. The Balaban J connectivity index is 1.79. The highest BCUT2D eigenvalue weighted by Gasteiger charge is 2.39. The van der Waals surface area contributed by atoms with Crippen molar-refractivity contribution in [2.24, 2.45) is 17.6 Å². The summed E-state index contributed by atoms with van der Waals surface area (Å²) in [4.78, 5) is 14.5. The maximum absolute atomic E-state index is 12.1. The first kappa shape index (κ1) is 14.6. The van der Waals surface area contributed by atoms with E-state index in [0.29, 0.717) is 17.4 Å². The minimum absolute atomic E-state index is 0.324. The molecule has 4 heteroatoms. The monoisotopic (exact) mass is 311 g/mol. The quantitative estimate of drug-likeness (QED) is 0.821. The van der Waals surface area contributed by atoms with Gasteiger partial charge in [0.1, 0.15) is 0 Å². The second-order valence-corrected chi connectivity index (χ2v) is 7.28. The van der Waals surface area contributed by atoms with E-state index in [0.717, 1.165) is 36.6 Å². The normalized spacial score (nSPS) is 24.3. The number of nitrogens with one attached hydrogen (secondary N) is 1. The third kappa shape index (κ3) is 2.50. The molecule has 4 rings (SSSR count). The fourth-order valence-corrected chi connectivity index (χ4v) is 4.08. The number of rotatable bonds is 5. The van der Waals surface area contributed by atoms with Gasteiger partial charge in [0.2, 0.25) is 0 Å². The molecular formula is C19H25N3O. The van der Waals surface area contributed by atoms with Gasteiger partial charge in [-0.2, -0.15) is 0 Å². The number of allylic oxidation sites excluding steroid dienone is 1. The fourth-order valence-electron chi connectivity index (χ4n) is 4.08. The average molecular weight is 311 g/mol. The van der Waals surface area contributed by atoms with Crippen LogP contribution in [0.4, 0.5) is 5.69 Å². The highest BCUT2D eigenvalue weighted by atomic mass is 16.1. The van der Waals surface area contributed by atoms with E-state index in [1.165, 1.54) is 24.1 Å². The lowest BCUT2D eigenvalue weighted by atomic mass is 9.92. The molecular weight excluding hydrogens is 286 g/mol. The van der Waals surface area contributed by atoms with Crippen LogP contribution in [0.3, 0.4) is 0 Å². The third-order valence-electron chi connectivity index (χ3n) is 5.56. The lowest BCUT2D eigenvalue weighted by Gasteiger charge is -2.15. The molecule has 1 atom stereocenters. The summed E-state index contributed by atoms with van der Waals surface area (Å²) in [5.74, 6) is 1.58. The molecule has 1 aliphatic heterocycles. The molecule has 0 aromatic heterocycles. The van der Waals surface area contributed by atoms with Gasteiger partial charge in [-0.3, -0.25) is 4.79 Å². The summed E-state index contributed by atoms with van der Waals surface area (Å²) < 4.78 is 0. The minimum atomic E-state index is -0.324. The van der Waals surface area contributed by atoms with Crippen molar-refractivity contribution in [3.05, 3.63) is 35.0 Å². The fraction of sp³-hybridized carbons (Fsp3) is 0.526. The highest BCUT2D eigenvalue weighted by Crippen LogP contribution is 2.50. The zero-order chi connectivity index (χ0) is 16.1. The first-order valence-electron chi connectivity index (χ1n) is 8.67. The highest BCUT2D eigenvalue weighted by molar-refractivity contribution is 6.19. The summed E-state index contributed by atoms with van der Waals surface area (Å²) in [6, 6.07) is 6.45. The Morgan fingerprint density at radius 3 is 2.57 bits per heavy atom. The van der Waals surface area contributed by atoms with Crippen molar-refractivity contribution < 1.29 is 4.79 Å². The Hall–Kier alpha value is -1.97. The summed E-state index contributed by atoms with van der Waals surface area (Å²) in [6.45, 7) is 1.10. The molecule has 1 amide bonds. The molecule has 23 heavy (non-hydrogen) atoms. The molecule has 4 nitrogen and oxygen atoms in total. The first-order chi connectivity index (χ1) is 11.1.